The molecule has 0 bridgehead atoms. The van der Waals surface area contributed by atoms with Crippen molar-refractivity contribution in [1.29, 1.82) is 0 Å². The topological polar surface area (TPSA) is 26.3 Å². The fraction of sp³-hybridized carbons (Fsp3) is 0.167. The lowest BCUT2D eigenvalue weighted by Crippen LogP contribution is -2.12. The van der Waals surface area contributed by atoms with Gasteiger partial charge in [-0.05, 0) is 83.5 Å². The van der Waals surface area contributed by atoms with Crippen LogP contribution in [-0.4, -0.2) is 12.1 Å². The van der Waals surface area contributed by atoms with Crippen LogP contribution in [0.15, 0.2) is 102 Å². The summed E-state index contributed by atoms with van der Waals surface area (Å²) < 4.78 is 6.48. The highest BCUT2D eigenvalue weighted by atomic mass is 79.9. The van der Waals surface area contributed by atoms with Gasteiger partial charge in [-0.15, -0.1) is 0 Å². The van der Waals surface area contributed by atoms with Gasteiger partial charge in [0.05, 0.1) is 6.10 Å². The van der Waals surface area contributed by atoms with Gasteiger partial charge in [0.1, 0.15) is 0 Å². The number of rotatable bonds is 7. The number of carbonyl (C=O) groups excluding carboxylic acids is 1. The van der Waals surface area contributed by atoms with Crippen LogP contribution in [0.25, 0.3) is 33.4 Å². The van der Waals surface area contributed by atoms with Crippen molar-refractivity contribution in [2.45, 2.75) is 32.8 Å². The van der Waals surface area contributed by atoms with Crippen LogP contribution in [0.5, 0.6) is 0 Å². The molecule has 0 aromatic heterocycles. The van der Waals surface area contributed by atoms with Gasteiger partial charge in [0, 0.05) is 10.9 Å². The second-order valence-corrected chi connectivity index (χ2v) is 9.24. The highest BCUT2D eigenvalue weighted by molar-refractivity contribution is 9.10. The molecule has 0 amide bonds. The van der Waals surface area contributed by atoms with Gasteiger partial charge in [0.2, 0.25) is 0 Å². The van der Waals surface area contributed by atoms with Crippen LogP contribution < -0.4 is 0 Å². The van der Waals surface area contributed by atoms with E-state index >= 15 is 0 Å². The Kier molecular flexibility index (Phi) is 7.41. The first-order valence-corrected chi connectivity index (χ1v) is 12.0. The minimum atomic E-state index is -0.167. The second-order valence-electron chi connectivity index (χ2n) is 8.33. The van der Waals surface area contributed by atoms with Crippen LogP contribution in [0.3, 0.4) is 0 Å². The number of carbonyl (C=O) groups is 1. The Morgan fingerprint density at radius 1 is 0.727 bits per heavy atom. The number of hydrogen-bond acceptors (Lipinski definition) is 2. The van der Waals surface area contributed by atoms with E-state index < -0.39 is 0 Å². The van der Waals surface area contributed by atoms with Crippen LogP contribution in [-0.2, 0) is 16.0 Å². The zero-order valence-corrected chi connectivity index (χ0v) is 20.5. The van der Waals surface area contributed by atoms with Crippen LogP contribution in [0.1, 0.15) is 25.8 Å². The number of benzene rings is 4. The van der Waals surface area contributed by atoms with Gasteiger partial charge in [-0.25, -0.2) is 0 Å². The minimum Gasteiger partial charge on any atom is -0.463 e. The summed E-state index contributed by atoms with van der Waals surface area (Å²) in [5, 5.41) is 0. The van der Waals surface area contributed by atoms with Crippen LogP contribution in [0, 0.1) is 0 Å². The summed E-state index contributed by atoms with van der Waals surface area (Å²) in [5.41, 5.74) is 8.03. The van der Waals surface area contributed by atoms with Gasteiger partial charge in [0.25, 0.3) is 0 Å². The van der Waals surface area contributed by atoms with Crippen LogP contribution in [0.2, 0.25) is 0 Å². The molecular weight excluding hydrogens is 472 g/mol. The summed E-state index contributed by atoms with van der Waals surface area (Å²) in [6.07, 6.45) is 0.843. The fourth-order valence-electron chi connectivity index (χ4n) is 4.05. The minimum absolute atomic E-state index is 0.112. The molecule has 4 rings (SSSR count). The summed E-state index contributed by atoms with van der Waals surface area (Å²) in [6, 6.07) is 33.7. The van der Waals surface area contributed by atoms with E-state index in [4.69, 9.17) is 4.74 Å². The zero-order chi connectivity index (χ0) is 23.2. The maximum Gasteiger partial charge on any atom is 0.306 e. The Hall–Kier alpha value is -3.17. The normalized spacial score (nSPS) is 10.9. The Morgan fingerprint density at radius 2 is 1.24 bits per heavy atom. The Morgan fingerprint density at radius 3 is 1.73 bits per heavy atom. The lowest BCUT2D eigenvalue weighted by atomic mass is 9.86. The lowest BCUT2D eigenvalue weighted by Gasteiger charge is -2.19. The van der Waals surface area contributed by atoms with E-state index in [1.54, 1.807) is 0 Å². The first kappa shape index (κ1) is 23.0. The van der Waals surface area contributed by atoms with Crippen molar-refractivity contribution in [2.75, 3.05) is 0 Å². The maximum atomic E-state index is 12.4. The molecule has 0 saturated carbocycles. The molecule has 3 heteroatoms. The zero-order valence-electron chi connectivity index (χ0n) is 18.9. The molecule has 0 spiro atoms. The predicted molar refractivity (Wildman–Crippen MR) is 140 cm³/mol. The molecule has 0 heterocycles. The van der Waals surface area contributed by atoms with E-state index in [2.05, 4.69) is 101 Å². The second kappa shape index (κ2) is 10.6. The fourth-order valence-corrected chi connectivity index (χ4v) is 4.31. The summed E-state index contributed by atoms with van der Waals surface area (Å²) in [5.74, 6) is -0.167. The van der Waals surface area contributed by atoms with E-state index in [1.165, 1.54) is 0 Å². The highest BCUT2D eigenvalue weighted by Gasteiger charge is 2.17. The third-order valence-electron chi connectivity index (χ3n) is 5.54. The van der Waals surface area contributed by atoms with Crippen molar-refractivity contribution in [3.05, 3.63) is 107 Å². The molecule has 4 aromatic carbocycles. The third kappa shape index (κ3) is 5.80. The van der Waals surface area contributed by atoms with E-state index in [0.717, 1.165) is 43.4 Å². The number of hydrogen-bond donors (Lipinski definition) is 0. The van der Waals surface area contributed by atoms with Gasteiger partial charge in [-0.3, -0.25) is 4.79 Å². The molecule has 0 radical (unpaired) electrons. The molecule has 166 valence electrons. The van der Waals surface area contributed by atoms with Crippen molar-refractivity contribution < 1.29 is 9.53 Å². The molecule has 33 heavy (non-hydrogen) atoms. The molecule has 2 nitrogen and oxygen atoms in total. The van der Waals surface area contributed by atoms with E-state index in [9.17, 15) is 4.79 Å². The molecular formula is C30H27BrO2. The molecule has 0 N–H and O–H groups in total. The molecule has 0 aliphatic carbocycles. The first-order valence-electron chi connectivity index (χ1n) is 11.2. The standard InChI is InChI=1S/C30H27BrO2/c1-21(2)33-30(32)18-17-27-28(23-9-5-3-6-10-23)19-25(22-13-15-26(31)16-14-22)20-29(27)24-11-7-4-8-12-24/h3-16,19-21H,17-18H2,1-2H3. The van der Waals surface area contributed by atoms with Crippen molar-refractivity contribution in [2.24, 2.45) is 0 Å². The van der Waals surface area contributed by atoms with Gasteiger partial charge >= 0.3 is 5.97 Å². The Balaban J connectivity index is 1.89. The van der Waals surface area contributed by atoms with Crippen LogP contribution >= 0.6 is 15.9 Å². The summed E-state index contributed by atoms with van der Waals surface area (Å²) in [7, 11) is 0. The molecule has 0 saturated heterocycles. The van der Waals surface area contributed by atoms with Gasteiger partial charge in [0.15, 0.2) is 0 Å². The van der Waals surface area contributed by atoms with Crippen LogP contribution in [0.4, 0.5) is 0 Å². The van der Waals surface area contributed by atoms with E-state index in [0.29, 0.717) is 12.8 Å². The molecule has 0 unspecified atom stereocenters. The van der Waals surface area contributed by atoms with Gasteiger partial charge < -0.3 is 4.74 Å². The predicted octanol–water partition coefficient (Wildman–Crippen LogP) is 8.33. The Bertz CT molecular complexity index is 1150. The summed E-state index contributed by atoms with van der Waals surface area (Å²) in [6.45, 7) is 3.77. The average Bonchev–Trinajstić information content (AvgIpc) is 2.83. The maximum absolute atomic E-state index is 12.4. The SMILES string of the molecule is CC(C)OC(=O)CCc1c(-c2ccccc2)cc(-c2ccc(Br)cc2)cc1-c1ccccc1. The number of esters is 1. The van der Waals surface area contributed by atoms with Gasteiger partial charge in [-0.1, -0.05) is 88.7 Å². The van der Waals surface area contributed by atoms with Gasteiger partial charge in [-0.2, -0.15) is 0 Å². The largest absolute Gasteiger partial charge is 0.463 e. The lowest BCUT2D eigenvalue weighted by molar-refractivity contribution is -0.147. The van der Waals surface area contributed by atoms with Crippen molar-refractivity contribution >= 4 is 21.9 Å². The molecule has 4 aromatic rings. The van der Waals surface area contributed by atoms with Crippen molar-refractivity contribution in [3.8, 4) is 33.4 Å². The molecule has 0 aliphatic rings. The Labute approximate surface area is 204 Å². The van der Waals surface area contributed by atoms with Crippen molar-refractivity contribution in [1.82, 2.24) is 0 Å². The molecule has 0 aliphatic heterocycles. The number of ether oxygens (including phenoxy) is 1. The molecule has 0 atom stereocenters. The summed E-state index contributed by atoms with van der Waals surface area (Å²) >= 11 is 3.54. The smallest absolute Gasteiger partial charge is 0.306 e. The third-order valence-corrected chi connectivity index (χ3v) is 6.07. The monoisotopic (exact) mass is 498 g/mol. The van der Waals surface area contributed by atoms with E-state index in [-0.39, 0.29) is 12.1 Å². The highest BCUT2D eigenvalue weighted by Crippen LogP contribution is 2.38. The average molecular weight is 499 g/mol. The summed E-state index contributed by atoms with van der Waals surface area (Å²) in [4.78, 5) is 12.4. The molecule has 0 fully saturated rings. The van der Waals surface area contributed by atoms with Crippen molar-refractivity contribution in [3.63, 3.8) is 0 Å². The quantitative estimate of drug-likeness (QED) is 0.239. The first-order chi connectivity index (χ1) is 16.0. The number of halogens is 1. The van der Waals surface area contributed by atoms with E-state index in [1.807, 2.05) is 26.0 Å².